The van der Waals surface area contributed by atoms with Gasteiger partial charge in [0.05, 0.1) is 0 Å². The summed E-state index contributed by atoms with van der Waals surface area (Å²) in [5.41, 5.74) is 2.86. The lowest BCUT2D eigenvalue weighted by atomic mass is 10.0. The van der Waals surface area contributed by atoms with Crippen molar-refractivity contribution in [3.05, 3.63) is 21.9 Å². The monoisotopic (exact) mass is 235 g/mol. The molecule has 0 amide bonds. The average molecular weight is 235 g/mol. The summed E-state index contributed by atoms with van der Waals surface area (Å²) < 4.78 is 0. The lowest BCUT2D eigenvalue weighted by Gasteiger charge is -2.33. The highest BCUT2D eigenvalue weighted by Gasteiger charge is 2.39. The molecule has 2 unspecified atom stereocenters. The maximum absolute atomic E-state index is 11.5. The molecule has 16 heavy (non-hydrogen) atoms. The van der Waals surface area contributed by atoms with Crippen LogP contribution in [0.1, 0.15) is 36.8 Å². The van der Waals surface area contributed by atoms with Crippen molar-refractivity contribution >= 4 is 17.1 Å². The van der Waals surface area contributed by atoms with E-state index in [1.165, 1.54) is 24.0 Å². The highest BCUT2D eigenvalue weighted by Crippen LogP contribution is 2.35. The van der Waals surface area contributed by atoms with E-state index in [0.717, 1.165) is 19.4 Å². The van der Waals surface area contributed by atoms with Gasteiger partial charge in [0.2, 0.25) is 0 Å². The topological polar surface area (TPSA) is 20.3 Å². The first-order valence-electron chi connectivity index (χ1n) is 6.03. The van der Waals surface area contributed by atoms with Crippen molar-refractivity contribution in [2.24, 2.45) is 0 Å². The summed E-state index contributed by atoms with van der Waals surface area (Å²) in [6.07, 6.45) is 4.03. The molecule has 0 saturated carbocycles. The Hall–Kier alpha value is -0.670. The number of aryl methyl sites for hydroxylation is 1. The van der Waals surface area contributed by atoms with Crippen LogP contribution in [0.25, 0.3) is 0 Å². The predicted molar refractivity (Wildman–Crippen MR) is 65.7 cm³/mol. The third kappa shape index (κ3) is 1.72. The minimum absolute atomic E-state index is 0.478. The molecule has 2 bridgehead atoms. The maximum Gasteiger partial charge on any atom is 0.136 e. The molecule has 0 aromatic carbocycles. The summed E-state index contributed by atoms with van der Waals surface area (Å²) in [5.74, 6) is 0.478. The van der Waals surface area contributed by atoms with E-state index in [4.69, 9.17) is 0 Å². The van der Waals surface area contributed by atoms with Crippen LogP contribution in [0.5, 0.6) is 0 Å². The number of Topliss-reactive ketones (excluding diaryl/α,β-unsaturated/α-hetero) is 1. The van der Waals surface area contributed by atoms with Crippen LogP contribution in [0.2, 0.25) is 0 Å². The Labute approximate surface area is 100 Å². The summed E-state index contributed by atoms with van der Waals surface area (Å²) in [6.45, 7) is 3.24. The highest BCUT2D eigenvalue weighted by molar-refractivity contribution is 7.08. The van der Waals surface area contributed by atoms with Gasteiger partial charge in [-0.05, 0) is 41.7 Å². The third-order valence-electron chi connectivity index (χ3n) is 4.01. The molecule has 3 rings (SSSR count). The molecule has 2 aliphatic rings. The molecule has 2 saturated heterocycles. The van der Waals surface area contributed by atoms with Crippen LogP contribution in [0.15, 0.2) is 10.8 Å². The molecule has 2 aliphatic heterocycles. The number of ketones is 1. The van der Waals surface area contributed by atoms with Crippen molar-refractivity contribution in [3.8, 4) is 0 Å². The Balaban J connectivity index is 1.77. The van der Waals surface area contributed by atoms with Crippen LogP contribution < -0.4 is 0 Å². The first-order chi connectivity index (χ1) is 7.74. The number of thiophene rings is 1. The lowest BCUT2D eigenvalue weighted by Crippen LogP contribution is -2.42. The first-order valence-corrected chi connectivity index (χ1v) is 6.97. The number of carbonyl (C=O) groups is 1. The number of hydrogen-bond donors (Lipinski definition) is 0. The van der Waals surface area contributed by atoms with E-state index in [-0.39, 0.29) is 0 Å². The van der Waals surface area contributed by atoms with Gasteiger partial charge in [-0.2, -0.15) is 11.3 Å². The fourth-order valence-corrected chi connectivity index (χ4v) is 3.91. The maximum atomic E-state index is 11.5. The second-order valence-corrected chi connectivity index (χ2v) is 5.83. The largest absolute Gasteiger partial charge is 0.300 e. The van der Waals surface area contributed by atoms with E-state index in [0.29, 0.717) is 17.9 Å². The second-order valence-electron chi connectivity index (χ2n) is 5.08. The molecule has 0 radical (unpaired) electrons. The molecule has 1 aromatic rings. The summed E-state index contributed by atoms with van der Waals surface area (Å²) in [6, 6.07) is 1.07. The van der Waals surface area contributed by atoms with Crippen molar-refractivity contribution in [1.82, 2.24) is 4.90 Å². The standard InChI is InChI=1S/C13H17NOS/c1-9-7-16-8-10(9)6-14-11-2-3-12(14)5-13(15)4-11/h7-8,11-12H,2-6H2,1H3. The molecule has 0 spiro atoms. The second kappa shape index (κ2) is 3.97. The Morgan fingerprint density at radius 3 is 2.56 bits per heavy atom. The average Bonchev–Trinajstić information content (AvgIpc) is 2.73. The number of piperidine rings is 1. The van der Waals surface area contributed by atoms with Crippen molar-refractivity contribution in [1.29, 1.82) is 0 Å². The van der Waals surface area contributed by atoms with Gasteiger partial charge in [0.15, 0.2) is 0 Å². The Morgan fingerprint density at radius 2 is 2.00 bits per heavy atom. The molecular weight excluding hydrogens is 218 g/mol. The zero-order valence-corrected chi connectivity index (χ0v) is 10.4. The fraction of sp³-hybridized carbons (Fsp3) is 0.615. The van der Waals surface area contributed by atoms with E-state index in [9.17, 15) is 4.79 Å². The Kier molecular flexibility index (Phi) is 2.60. The van der Waals surface area contributed by atoms with Gasteiger partial charge in [0, 0.05) is 31.5 Å². The van der Waals surface area contributed by atoms with E-state index in [1.807, 2.05) is 0 Å². The van der Waals surface area contributed by atoms with Gasteiger partial charge in [-0.3, -0.25) is 9.69 Å². The third-order valence-corrected chi connectivity index (χ3v) is 4.92. The molecule has 0 N–H and O–H groups in total. The SMILES string of the molecule is Cc1cscc1CN1C2CCC1CC(=O)C2. The minimum Gasteiger partial charge on any atom is -0.300 e. The number of fused-ring (bicyclic) bond motifs is 2. The van der Waals surface area contributed by atoms with Gasteiger partial charge < -0.3 is 0 Å². The van der Waals surface area contributed by atoms with E-state index >= 15 is 0 Å². The van der Waals surface area contributed by atoms with Crippen LogP contribution in [0, 0.1) is 6.92 Å². The van der Waals surface area contributed by atoms with Gasteiger partial charge in [-0.25, -0.2) is 0 Å². The molecule has 2 fully saturated rings. The smallest absolute Gasteiger partial charge is 0.136 e. The van der Waals surface area contributed by atoms with Crippen molar-refractivity contribution in [3.63, 3.8) is 0 Å². The summed E-state index contributed by atoms with van der Waals surface area (Å²) >= 11 is 1.78. The molecule has 1 aromatic heterocycles. The number of nitrogens with zero attached hydrogens (tertiary/aromatic N) is 1. The molecule has 2 nitrogen and oxygen atoms in total. The van der Waals surface area contributed by atoms with Crippen LogP contribution >= 0.6 is 11.3 Å². The summed E-state index contributed by atoms with van der Waals surface area (Å²) in [5, 5.41) is 4.47. The van der Waals surface area contributed by atoms with Crippen LogP contribution in [0.4, 0.5) is 0 Å². The first kappa shape index (κ1) is 10.5. The Morgan fingerprint density at radius 1 is 1.31 bits per heavy atom. The molecule has 3 heteroatoms. The van der Waals surface area contributed by atoms with Crippen LogP contribution in [-0.2, 0) is 11.3 Å². The quantitative estimate of drug-likeness (QED) is 0.785. The number of carbonyl (C=O) groups excluding carboxylic acids is 1. The minimum atomic E-state index is 0.478. The van der Waals surface area contributed by atoms with Gasteiger partial charge >= 0.3 is 0 Å². The molecule has 0 aliphatic carbocycles. The number of hydrogen-bond acceptors (Lipinski definition) is 3. The molecular formula is C13H17NOS. The van der Waals surface area contributed by atoms with Gasteiger partial charge in [0.25, 0.3) is 0 Å². The summed E-state index contributed by atoms with van der Waals surface area (Å²) in [4.78, 5) is 14.1. The van der Waals surface area contributed by atoms with Crippen molar-refractivity contribution < 1.29 is 4.79 Å². The zero-order chi connectivity index (χ0) is 11.1. The van der Waals surface area contributed by atoms with E-state index in [1.54, 1.807) is 11.3 Å². The van der Waals surface area contributed by atoms with Gasteiger partial charge in [-0.15, -0.1) is 0 Å². The normalized spacial score (nSPS) is 29.9. The number of rotatable bonds is 2. The van der Waals surface area contributed by atoms with Crippen molar-refractivity contribution in [2.75, 3.05) is 0 Å². The zero-order valence-electron chi connectivity index (χ0n) is 9.61. The van der Waals surface area contributed by atoms with E-state index in [2.05, 4.69) is 22.6 Å². The van der Waals surface area contributed by atoms with Crippen LogP contribution in [-0.4, -0.2) is 22.8 Å². The Bertz CT molecular complexity index is 396. The fourth-order valence-electron chi connectivity index (χ4n) is 3.07. The van der Waals surface area contributed by atoms with E-state index < -0.39 is 0 Å². The highest BCUT2D eigenvalue weighted by atomic mass is 32.1. The lowest BCUT2D eigenvalue weighted by molar-refractivity contribution is -0.123. The molecule has 3 heterocycles. The van der Waals surface area contributed by atoms with Crippen molar-refractivity contribution in [2.45, 2.75) is 51.2 Å². The molecule has 2 atom stereocenters. The van der Waals surface area contributed by atoms with Gasteiger partial charge in [0.1, 0.15) is 5.78 Å². The molecule has 86 valence electrons. The predicted octanol–water partition coefficient (Wildman–Crippen LogP) is 2.75. The summed E-state index contributed by atoms with van der Waals surface area (Å²) in [7, 11) is 0. The van der Waals surface area contributed by atoms with Gasteiger partial charge in [-0.1, -0.05) is 0 Å². The van der Waals surface area contributed by atoms with Crippen LogP contribution in [0.3, 0.4) is 0 Å².